The molecule has 0 aliphatic carbocycles. The fourth-order valence-corrected chi connectivity index (χ4v) is 13.3. The first-order valence-electron chi connectivity index (χ1n) is 45.4. The van der Waals surface area contributed by atoms with Crippen molar-refractivity contribution in [2.24, 2.45) is 0 Å². The maximum atomic E-state index is 13.1. The van der Waals surface area contributed by atoms with Crippen LogP contribution in [0.25, 0.3) is 0 Å². The van der Waals surface area contributed by atoms with Crippen molar-refractivity contribution in [1.82, 2.24) is 0 Å². The zero-order chi connectivity index (χ0) is 85.1. The molecule has 0 aliphatic heterocycles. The van der Waals surface area contributed by atoms with Gasteiger partial charge in [-0.05, 0) is 167 Å². The van der Waals surface area contributed by atoms with Crippen molar-refractivity contribution in [3.63, 3.8) is 0 Å². The molecule has 18 heteroatoms. The second-order valence-electron chi connectivity index (χ2n) is 29.6. The van der Waals surface area contributed by atoms with Crippen LogP contribution in [0.5, 0.6) is 0 Å². The zero-order valence-electron chi connectivity index (χ0n) is 73.0. The van der Waals surface area contributed by atoms with Crippen molar-refractivity contribution in [1.29, 1.82) is 0 Å². The Hall–Kier alpha value is -5.87. The normalized spacial score (nSPS) is 14.8. The van der Waals surface area contributed by atoms with E-state index in [9.17, 15) is 43.5 Å². The SMILES string of the molecule is CC/C=C\C/C=C\C/C=C\C/C=C\C/C=C\C/C=C\CCCCCCCCCCCCC(=O)OCC(O)COP(=O)(O)OCC(O)COP(=O)(O)OCC(COC(=O)CCCCCCCCCCCC/C=C\C/C=C\C/C=C\C/C=C\C/C=C\C/C=C\CC)OC(=O)CCCCCCCCC/C=C\C/C=C\C/C=C\C/C=C\C/C=C\CC. The summed E-state index contributed by atoms with van der Waals surface area (Å²) in [5, 5.41) is 20.7. The maximum Gasteiger partial charge on any atom is 0.472 e. The van der Waals surface area contributed by atoms with Gasteiger partial charge in [0, 0.05) is 19.3 Å². The second-order valence-corrected chi connectivity index (χ2v) is 32.5. The van der Waals surface area contributed by atoms with Crippen LogP contribution < -0.4 is 0 Å². The number of allylic oxidation sites excluding steroid dienone is 34. The maximum absolute atomic E-state index is 13.1. The number of aliphatic hydroxyl groups excluding tert-OH is 2. The molecule has 4 N–H and O–H groups in total. The molecule has 16 nitrogen and oxygen atoms in total. The highest BCUT2D eigenvalue weighted by molar-refractivity contribution is 7.47. The quantitative estimate of drug-likeness (QED) is 0.0146. The molecule has 0 saturated carbocycles. The number of hydrogen-bond donors (Lipinski definition) is 4. The van der Waals surface area contributed by atoms with Crippen molar-refractivity contribution in [3.05, 3.63) is 207 Å². The Labute approximate surface area is 711 Å². The number of aliphatic hydroxyl groups is 2. The van der Waals surface area contributed by atoms with Crippen LogP contribution in [0.4, 0.5) is 0 Å². The van der Waals surface area contributed by atoms with Gasteiger partial charge in [-0.2, -0.15) is 0 Å². The van der Waals surface area contributed by atoms with Gasteiger partial charge in [0.15, 0.2) is 6.10 Å². The van der Waals surface area contributed by atoms with E-state index in [2.05, 4.69) is 227 Å². The summed E-state index contributed by atoms with van der Waals surface area (Å²) >= 11 is 0. The lowest BCUT2D eigenvalue weighted by Gasteiger charge is -2.21. The van der Waals surface area contributed by atoms with Crippen LogP contribution in [-0.2, 0) is 55.8 Å². The molecule has 0 fully saturated rings. The van der Waals surface area contributed by atoms with Crippen LogP contribution in [0.2, 0.25) is 0 Å². The van der Waals surface area contributed by atoms with Crippen LogP contribution in [0.1, 0.15) is 342 Å². The molecule has 0 saturated heterocycles. The minimum atomic E-state index is -4.95. The fourth-order valence-electron chi connectivity index (χ4n) is 11.7. The predicted molar refractivity (Wildman–Crippen MR) is 491 cm³/mol. The molecular weight excluding hydrogens is 1510 g/mol. The number of hydrogen-bond acceptors (Lipinski definition) is 14. The van der Waals surface area contributed by atoms with Crippen molar-refractivity contribution in [2.75, 3.05) is 39.6 Å². The van der Waals surface area contributed by atoms with Crippen molar-refractivity contribution in [2.45, 2.75) is 360 Å². The molecule has 0 spiro atoms. The van der Waals surface area contributed by atoms with E-state index < -0.39 is 91.5 Å². The van der Waals surface area contributed by atoms with Gasteiger partial charge >= 0.3 is 33.6 Å². The lowest BCUT2D eigenvalue weighted by atomic mass is 10.1. The van der Waals surface area contributed by atoms with Gasteiger partial charge in [0.25, 0.3) is 0 Å². The Kier molecular flexibility index (Phi) is 84.9. The predicted octanol–water partition coefficient (Wildman–Crippen LogP) is 28.0. The number of phosphoric acid groups is 2. The third kappa shape index (κ3) is 90.7. The molecule has 117 heavy (non-hydrogen) atoms. The largest absolute Gasteiger partial charge is 0.472 e. The highest BCUT2D eigenvalue weighted by atomic mass is 31.2. The molecule has 0 aliphatic rings. The summed E-state index contributed by atoms with van der Waals surface area (Å²) in [6.07, 6.45) is 120. The molecule has 0 radical (unpaired) electrons. The van der Waals surface area contributed by atoms with E-state index in [1.807, 2.05) is 0 Å². The Morgan fingerprint density at radius 2 is 0.427 bits per heavy atom. The lowest BCUT2D eigenvalue weighted by molar-refractivity contribution is -0.161. The number of unbranched alkanes of at least 4 members (excludes halogenated alkanes) is 27. The summed E-state index contributed by atoms with van der Waals surface area (Å²) in [4.78, 5) is 59.0. The lowest BCUT2D eigenvalue weighted by Crippen LogP contribution is -2.30. The minimum absolute atomic E-state index is 0.0831. The molecule has 664 valence electrons. The van der Waals surface area contributed by atoms with E-state index in [4.69, 9.17) is 32.3 Å². The number of phosphoric ester groups is 2. The molecule has 0 aromatic carbocycles. The topological polar surface area (TPSA) is 231 Å². The molecule has 5 unspecified atom stereocenters. The van der Waals surface area contributed by atoms with Gasteiger partial charge in [0.1, 0.15) is 25.4 Å². The van der Waals surface area contributed by atoms with E-state index in [0.717, 1.165) is 218 Å². The first-order valence-corrected chi connectivity index (χ1v) is 48.4. The summed E-state index contributed by atoms with van der Waals surface area (Å²) in [6.45, 7) is 2.33. The Balaban J connectivity index is 4.69. The van der Waals surface area contributed by atoms with Crippen molar-refractivity contribution >= 4 is 33.6 Å². The number of carbonyl (C=O) groups excluding carboxylic acids is 3. The van der Waals surface area contributed by atoms with Crippen LogP contribution in [0, 0.1) is 0 Å². The monoisotopic (exact) mass is 1670 g/mol. The Morgan fingerprint density at radius 1 is 0.239 bits per heavy atom. The second kappa shape index (κ2) is 89.4. The fraction of sp³-hybridized carbons (Fsp3) is 0.626. The van der Waals surface area contributed by atoms with Gasteiger partial charge < -0.3 is 34.2 Å². The number of esters is 3. The summed E-state index contributed by atoms with van der Waals surface area (Å²) < 4.78 is 61.5. The summed E-state index contributed by atoms with van der Waals surface area (Å²) in [7, 11) is -9.83. The molecular formula is C99H162O16P2. The average molecular weight is 1670 g/mol. The Morgan fingerprint density at radius 3 is 0.675 bits per heavy atom. The van der Waals surface area contributed by atoms with Crippen LogP contribution in [-0.4, -0.2) is 95.9 Å². The average Bonchev–Trinajstić information content (AvgIpc) is 0.904. The Bertz CT molecular complexity index is 2960. The smallest absolute Gasteiger partial charge is 0.463 e. The number of ether oxygens (including phenoxy) is 3. The molecule has 0 aromatic rings. The molecule has 0 aromatic heterocycles. The summed E-state index contributed by atoms with van der Waals surface area (Å²) in [6, 6.07) is 0. The van der Waals surface area contributed by atoms with Gasteiger partial charge in [-0.1, -0.05) is 362 Å². The van der Waals surface area contributed by atoms with Gasteiger partial charge in [-0.25, -0.2) is 9.13 Å². The molecule has 5 atom stereocenters. The highest BCUT2D eigenvalue weighted by Gasteiger charge is 2.29. The molecule has 0 rings (SSSR count). The molecule has 0 heterocycles. The van der Waals surface area contributed by atoms with Crippen LogP contribution in [0.3, 0.4) is 0 Å². The van der Waals surface area contributed by atoms with Gasteiger partial charge in [0.2, 0.25) is 0 Å². The van der Waals surface area contributed by atoms with Gasteiger partial charge in [0.05, 0.1) is 26.4 Å². The molecule has 0 amide bonds. The van der Waals surface area contributed by atoms with E-state index in [1.54, 1.807) is 0 Å². The van der Waals surface area contributed by atoms with Gasteiger partial charge in [-0.15, -0.1) is 0 Å². The zero-order valence-corrected chi connectivity index (χ0v) is 74.8. The van der Waals surface area contributed by atoms with Gasteiger partial charge in [-0.3, -0.25) is 32.5 Å². The van der Waals surface area contributed by atoms with E-state index in [1.165, 1.54) is 64.2 Å². The first-order chi connectivity index (χ1) is 57.2. The van der Waals surface area contributed by atoms with Crippen LogP contribution in [0.15, 0.2) is 207 Å². The van der Waals surface area contributed by atoms with E-state index in [0.29, 0.717) is 19.3 Å². The van der Waals surface area contributed by atoms with E-state index in [-0.39, 0.29) is 19.3 Å². The highest BCUT2D eigenvalue weighted by Crippen LogP contribution is 2.45. The van der Waals surface area contributed by atoms with Crippen molar-refractivity contribution in [3.8, 4) is 0 Å². The third-order valence-electron chi connectivity index (χ3n) is 18.5. The standard InChI is InChI=1S/C99H162O16P2/c1-4-7-10-13-16-19-22-25-28-31-34-37-40-42-44-46-48-50-53-55-58-61-64-67-70-73-76-79-82-85-97(102)109-88-94(100)89-111-116(105,106)112-90-95(101)91-113-117(107,108)114-93-96(115-99(104)87-84-81-78-75-72-69-66-63-60-57-52-39-36-33-30-27-24-21-18-15-12-9-6-3)92-110-98(103)86-83-80-77-74-71-68-65-62-59-56-54-51-49-47-45-43-41-38-35-32-29-26-23-20-17-14-11-8-5-2/h7-12,16-21,25-30,34-39,42-45,48-51,57,60,94-96,100-101H,4-6,13-15,22-24,31-33,40-41,46-47,52-56,58-59,61-93H2,1-3H3,(H,105,106)(H,107,108)/b10-7-,11-8-,12-9-,19-16-,20-17-,21-18-,28-25-,29-26-,30-27-,37-34-,38-35-,39-36-,44-42-,45-43-,50-48-,51-49-,60-57-. The minimum Gasteiger partial charge on any atom is -0.463 e. The first kappa shape index (κ1) is 111. The third-order valence-corrected chi connectivity index (χ3v) is 20.4. The number of carbonyl (C=O) groups is 3. The summed E-state index contributed by atoms with van der Waals surface area (Å²) in [5.74, 6) is -1.60. The van der Waals surface area contributed by atoms with E-state index >= 15 is 0 Å². The summed E-state index contributed by atoms with van der Waals surface area (Å²) in [5.41, 5.74) is 0. The number of rotatable bonds is 84. The van der Waals surface area contributed by atoms with Crippen molar-refractivity contribution < 1.29 is 75.8 Å². The molecule has 0 bridgehead atoms. The van der Waals surface area contributed by atoms with Crippen LogP contribution >= 0.6 is 15.6 Å².